The van der Waals surface area contributed by atoms with E-state index in [4.69, 9.17) is 5.73 Å². The largest absolute Gasteiger partial charge is 0.369 e. The van der Waals surface area contributed by atoms with E-state index in [1.54, 1.807) is 23.0 Å². The van der Waals surface area contributed by atoms with E-state index >= 15 is 0 Å². The van der Waals surface area contributed by atoms with Gasteiger partial charge in [0.25, 0.3) is 0 Å². The maximum absolute atomic E-state index is 12.9. The Kier molecular flexibility index (Phi) is 6.06. The molecular formula is C17H21FN4O2. The summed E-state index contributed by atoms with van der Waals surface area (Å²) in [6.07, 6.45) is 4.20. The summed E-state index contributed by atoms with van der Waals surface area (Å²) in [4.78, 5) is 23.4. The van der Waals surface area contributed by atoms with Gasteiger partial charge in [-0.1, -0.05) is 12.1 Å². The Morgan fingerprint density at radius 1 is 1.33 bits per heavy atom. The lowest BCUT2D eigenvalue weighted by Crippen LogP contribution is -2.37. The van der Waals surface area contributed by atoms with Gasteiger partial charge in [0, 0.05) is 25.7 Å². The SMILES string of the molecule is Cc1cnn(CCC(=O)NCC(Cc2ccc(F)cc2)C(N)=O)c1. The first kappa shape index (κ1) is 17.7. The molecule has 0 radical (unpaired) electrons. The lowest BCUT2D eigenvalue weighted by atomic mass is 9.98. The van der Waals surface area contributed by atoms with E-state index in [1.165, 1.54) is 12.1 Å². The Morgan fingerprint density at radius 3 is 2.62 bits per heavy atom. The summed E-state index contributed by atoms with van der Waals surface area (Å²) >= 11 is 0. The van der Waals surface area contributed by atoms with E-state index in [-0.39, 0.29) is 24.7 Å². The summed E-state index contributed by atoms with van der Waals surface area (Å²) in [6, 6.07) is 5.87. The molecule has 1 aromatic heterocycles. The molecule has 0 spiro atoms. The number of nitrogens with zero attached hydrogens (tertiary/aromatic N) is 2. The first-order valence-corrected chi connectivity index (χ1v) is 7.73. The molecule has 1 atom stereocenters. The van der Waals surface area contributed by atoms with Gasteiger partial charge in [0.15, 0.2) is 0 Å². The van der Waals surface area contributed by atoms with Crippen LogP contribution in [0, 0.1) is 18.7 Å². The number of primary amides is 1. The fraction of sp³-hybridized carbons (Fsp3) is 0.353. The number of carbonyl (C=O) groups is 2. The highest BCUT2D eigenvalue weighted by atomic mass is 19.1. The number of rotatable bonds is 8. The number of hydrogen-bond acceptors (Lipinski definition) is 3. The number of hydrogen-bond donors (Lipinski definition) is 2. The van der Waals surface area contributed by atoms with Crippen molar-refractivity contribution >= 4 is 11.8 Å². The summed E-state index contributed by atoms with van der Waals surface area (Å²) in [5.41, 5.74) is 7.21. The molecule has 2 amide bonds. The third-order valence-electron chi connectivity index (χ3n) is 3.67. The smallest absolute Gasteiger partial charge is 0.222 e. The molecule has 0 aliphatic rings. The molecule has 0 saturated carbocycles. The van der Waals surface area contributed by atoms with E-state index in [9.17, 15) is 14.0 Å². The molecule has 7 heteroatoms. The standard InChI is InChI=1S/C17H21FN4O2/c1-12-9-21-22(11-12)7-6-16(23)20-10-14(17(19)24)8-13-2-4-15(18)5-3-13/h2-5,9,11,14H,6-8,10H2,1H3,(H2,19,24)(H,20,23). The van der Waals surface area contributed by atoms with Crippen LogP contribution in [0.4, 0.5) is 4.39 Å². The Morgan fingerprint density at radius 2 is 2.04 bits per heavy atom. The van der Waals surface area contributed by atoms with Gasteiger partial charge in [-0.15, -0.1) is 0 Å². The maximum Gasteiger partial charge on any atom is 0.222 e. The molecule has 0 saturated heterocycles. The zero-order valence-corrected chi connectivity index (χ0v) is 13.5. The molecule has 6 nitrogen and oxygen atoms in total. The van der Waals surface area contributed by atoms with Crippen molar-refractivity contribution in [2.75, 3.05) is 6.54 Å². The van der Waals surface area contributed by atoms with E-state index in [1.807, 2.05) is 13.1 Å². The Hall–Kier alpha value is -2.70. The van der Waals surface area contributed by atoms with Gasteiger partial charge in [0.1, 0.15) is 5.82 Å². The highest BCUT2D eigenvalue weighted by Crippen LogP contribution is 2.09. The third kappa shape index (κ3) is 5.49. The van der Waals surface area contributed by atoms with Gasteiger partial charge in [-0.3, -0.25) is 14.3 Å². The number of benzene rings is 1. The molecule has 128 valence electrons. The van der Waals surface area contributed by atoms with Gasteiger partial charge < -0.3 is 11.1 Å². The highest BCUT2D eigenvalue weighted by Gasteiger charge is 2.17. The zero-order chi connectivity index (χ0) is 17.5. The van der Waals surface area contributed by atoms with Crippen LogP contribution in [-0.4, -0.2) is 28.1 Å². The van der Waals surface area contributed by atoms with Gasteiger partial charge >= 0.3 is 0 Å². The maximum atomic E-state index is 12.9. The summed E-state index contributed by atoms with van der Waals surface area (Å²) in [7, 11) is 0. The molecule has 2 aromatic rings. The lowest BCUT2D eigenvalue weighted by Gasteiger charge is -2.14. The van der Waals surface area contributed by atoms with Crippen LogP contribution in [0.25, 0.3) is 0 Å². The minimum Gasteiger partial charge on any atom is -0.369 e. The number of aryl methyl sites for hydroxylation is 2. The quantitative estimate of drug-likeness (QED) is 0.760. The lowest BCUT2D eigenvalue weighted by molar-refractivity contribution is -0.123. The number of carbonyl (C=O) groups excluding carboxylic acids is 2. The minimum absolute atomic E-state index is 0.156. The third-order valence-corrected chi connectivity index (χ3v) is 3.67. The highest BCUT2D eigenvalue weighted by molar-refractivity contribution is 5.79. The topological polar surface area (TPSA) is 90.0 Å². The molecule has 0 fully saturated rings. The van der Waals surface area contributed by atoms with Crippen molar-refractivity contribution in [2.24, 2.45) is 11.7 Å². The average Bonchev–Trinajstić information content (AvgIpc) is 2.96. The fourth-order valence-corrected chi connectivity index (χ4v) is 2.31. The molecule has 1 aromatic carbocycles. The van der Waals surface area contributed by atoms with Gasteiger partial charge in [-0.2, -0.15) is 5.10 Å². The number of amides is 2. The number of nitrogens with one attached hydrogen (secondary N) is 1. The summed E-state index contributed by atoms with van der Waals surface area (Å²) in [5, 5.41) is 6.82. The van der Waals surface area contributed by atoms with Crippen LogP contribution in [0.1, 0.15) is 17.5 Å². The number of halogens is 1. The molecule has 1 heterocycles. The molecule has 0 bridgehead atoms. The minimum atomic E-state index is -0.536. The van der Waals surface area contributed by atoms with Crippen molar-refractivity contribution in [2.45, 2.75) is 26.3 Å². The van der Waals surface area contributed by atoms with Gasteiger partial charge in [0.05, 0.1) is 12.1 Å². The Bertz CT molecular complexity index is 697. The predicted octanol–water partition coefficient (Wildman–Crippen LogP) is 1.18. The Balaban J connectivity index is 1.81. The van der Waals surface area contributed by atoms with Crippen molar-refractivity contribution in [3.63, 3.8) is 0 Å². The molecular weight excluding hydrogens is 311 g/mol. The van der Waals surface area contributed by atoms with Gasteiger partial charge in [-0.25, -0.2) is 4.39 Å². The van der Waals surface area contributed by atoms with E-state index in [0.29, 0.717) is 13.0 Å². The summed E-state index contributed by atoms with van der Waals surface area (Å²) in [6.45, 7) is 2.55. The molecule has 0 aliphatic heterocycles. The molecule has 1 unspecified atom stereocenters. The van der Waals surface area contributed by atoms with Crippen LogP contribution in [0.15, 0.2) is 36.7 Å². The second-order valence-corrected chi connectivity index (χ2v) is 5.76. The average molecular weight is 332 g/mol. The number of nitrogens with two attached hydrogens (primary N) is 1. The van der Waals surface area contributed by atoms with E-state index in [2.05, 4.69) is 10.4 Å². The van der Waals surface area contributed by atoms with Gasteiger partial charge in [0.2, 0.25) is 11.8 Å². The Labute approximate surface area is 139 Å². The van der Waals surface area contributed by atoms with Crippen LogP contribution in [0.2, 0.25) is 0 Å². The van der Waals surface area contributed by atoms with E-state index in [0.717, 1.165) is 11.1 Å². The normalized spacial score (nSPS) is 11.9. The van der Waals surface area contributed by atoms with Crippen LogP contribution in [-0.2, 0) is 22.6 Å². The number of aromatic nitrogens is 2. The molecule has 24 heavy (non-hydrogen) atoms. The van der Waals surface area contributed by atoms with Crippen LogP contribution in [0.3, 0.4) is 0 Å². The predicted molar refractivity (Wildman–Crippen MR) is 87.4 cm³/mol. The van der Waals surface area contributed by atoms with E-state index < -0.39 is 11.8 Å². The van der Waals surface area contributed by atoms with Crippen LogP contribution >= 0.6 is 0 Å². The van der Waals surface area contributed by atoms with Gasteiger partial charge in [-0.05, 0) is 36.6 Å². The summed E-state index contributed by atoms with van der Waals surface area (Å²) in [5.74, 6) is -1.54. The first-order valence-electron chi connectivity index (χ1n) is 7.73. The van der Waals surface area contributed by atoms with Crippen LogP contribution < -0.4 is 11.1 Å². The monoisotopic (exact) mass is 332 g/mol. The van der Waals surface area contributed by atoms with Crippen molar-refractivity contribution in [3.8, 4) is 0 Å². The second-order valence-electron chi connectivity index (χ2n) is 5.76. The summed E-state index contributed by atoms with van der Waals surface area (Å²) < 4.78 is 14.6. The van der Waals surface area contributed by atoms with Crippen molar-refractivity contribution in [1.82, 2.24) is 15.1 Å². The first-order chi connectivity index (χ1) is 11.4. The van der Waals surface area contributed by atoms with Crippen molar-refractivity contribution in [1.29, 1.82) is 0 Å². The zero-order valence-electron chi connectivity index (χ0n) is 13.5. The second kappa shape index (κ2) is 8.24. The van der Waals surface area contributed by atoms with Crippen LogP contribution in [0.5, 0.6) is 0 Å². The molecule has 2 rings (SSSR count). The molecule has 3 N–H and O–H groups in total. The molecule has 0 aliphatic carbocycles. The van der Waals surface area contributed by atoms with Crippen molar-refractivity contribution in [3.05, 3.63) is 53.6 Å². The fourth-order valence-electron chi connectivity index (χ4n) is 2.31. The van der Waals surface area contributed by atoms with Crippen molar-refractivity contribution < 1.29 is 14.0 Å².